The highest BCUT2D eigenvalue weighted by molar-refractivity contribution is 6.41. The van der Waals surface area contributed by atoms with Gasteiger partial charge in [-0.25, -0.2) is 0 Å². The number of carbonyl (C=O) groups is 2. The lowest BCUT2D eigenvalue weighted by Crippen LogP contribution is -2.40. The molecule has 3 N–H and O–H groups in total. The maximum absolute atomic E-state index is 11.9. The summed E-state index contributed by atoms with van der Waals surface area (Å²) in [6.45, 7) is 1.86. The van der Waals surface area contributed by atoms with E-state index in [0.717, 1.165) is 11.1 Å². The van der Waals surface area contributed by atoms with Crippen molar-refractivity contribution in [2.24, 2.45) is 0 Å². The quantitative estimate of drug-likeness (QED) is 0.727. The van der Waals surface area contributed by atoms with Crippen molar-refractivity contribution in [2.45, 2.75) is 19.4 Å². The van der Waals surface area contributed by atoms with Crippen molar-refractivity contribution >= 4 is 29.1 Å². The van der Waals surface area contributed by atoms with Gasteiger partial charge in [0.15, 0.2) is 0 Å². The van der Waals surface area contributed by atoms with Gasteiger partial charge in [-0.05, 0) is 30.2 Å². The number of aliphatic hydroxyl groups is 1. The van der Waals surface area contributed by atoms with Crippen LogP contribution in [0.15, 0.2) is 48.5 Å². The number of carbonyl (C=O) groups excluding carboxylic acids is 2. The predicted octanol–water partition coefficient (Wildman–Crippen LogP) is 2.31. The Morgan fingerprint density at radius 3 is 2.50 bits per heavy atom. The number of nitrogens with one attached hydrogen (secondary N) is 2. The topological polar surface area (TPSA) is 78.4 Å². The minimum Gasteiger partial charge on any atom is -0.391 e. The molecule has 0 aliphatic heterocycles. The summed E-state index contributed by atoms with van der Waals surface area (Å²) in [5, 5.41) is 15.1. The zero-order valence-electron chi connectivity index (χ0n) is 13.3. The first-order chi connectivity index (χ1) is 11.5. The second kappa shape index (κ2) is 8.47. The minimum absolute atomic E-state index is 0.0111. The van der Waals surface area contributed by atoms with Gasteiger partial charge in [-0.1, -0.05) is 48.0 Å². The molecule has 5 nitrogen and oxygen atoms in total. The van der Waals surface area contributed by atoms with Crippen LogP contribution in [-0.2, 0) is 16.0 Å². The van der Waals surface area contributed by atoms with E-state index in [2.05, 4.69) is 10.6 Å². The highest BCUT2D eigenvalue weighted by Crippen LogP contribution is 2.22. The van der Waals surface area contributed by atoms with Gasteiger partial charge in [0.25, 0.3) is 0 Å². The van der Waals surface area contributed by atoms with Crippen molar-refractivity contribution in [3.8, 4) is 0 Å². The smallest absolute Gasteiger partial charge is 0.313 e. The fraction of sp³-hybridized carbons (Fsp3) is 0.222. The van der Waals surface area contributed by atoms with Crippen LogP contribution >= 0.6 is 11.6 Å². The molecule has 0 saturated carbocycles. The third kappa shape index (κ3) is 5.37. The second-order valence-electron chi connectivity index (χ2n) is 5.49. The van der Waals surface area contributed by atoms with Crippen molar-refractivity contribution in [3.63, 3.8) is 0 Å². The number of aliphatic hydroxyl groups excluding tert-OH is 1. The molecule has 1 atom stereocenters. The van der Waals surface area contributed by atoms with Gasteiger partial charge in [0.05, 0.1) is 16.8 Å². The average Bonchev–Trinajstić information content (AvgIpc) is 2.56. The van der Waals surface area contributed by atoms with Crippen molar-refractivity contribution in [1.29, 1.82) is 0 Å². The Bertz CT molecular complexity index is 719. The molecule has 2 rings (SSSR count). The van der Waals surface area contributed by atoms with Crippen LogP contribution in [0.2, 0.25) is 5.02 Å². The summed E-state index contributed by atoms with van der Waals surface area (Å²) in [5.74, 6) is -1.65. The van der Waals surface area contributed by atoms with E-state index >= 15 is 0 Å². The fourth-order valence-corrected chi connectivity index (χ4v) is 2.43. The summed E-state index contributed by atoms with van der Waals surface area (Å²) < 4.78 is 0. The van der Waals surface area contributed by atoms with E-state index in [-0.39, 0.29) is 6.54 Å². The molecule has 6 heteroatoms. The summed E-state index contributed by atoms with van der Waals surface area (Å²) in [6, 6.07) is 14.5. The van der Waals surface area contributed by atoms with E-state index in [9.17, 15) is 14.7 Å². The number of benzene rings is 2. The molecule has 126 valence electrons. The average molecular weight is 347 g/mol. The Morgan fingerprint density at radius 2 is 1.83 bits per heavy atom. The maximum atomic E-state index is 11.9. The molecule has 24 heavy (non-hydrogen) atoms. The molecule has 0 bridgehead atoms. The molecule has 0 aliphatic carbocycles. The van der Waals surface area contributed by atoms with Crippen molar-refractivity contribution in [2.75, 3.05) is 11.9 Å². The lowest BCUT2D eigenvalue weighted by atomic mass is 10.1. The zero-order valence-corrected chi connectivity index (χ0v) is 14.0. The standard InChI is InChI=1S/C18H19ClN2O3/c1-12-7-8-16(15(19)9-12)21-18(24)17(23)20-11-14(22)10-13-5-3-2-4-6-13/h2-9,14,22H,10-11H2,1H3,(H,20,23)(H,21,24). The van der Waals surface area contributed by atoms with E-state index in [1.165, 1.54) is 0 Å². The van der Waals surface area contributed by atoms with Gasteiger partial charge < -0.3 is 15.7 Å². The van der Waals surface area contributed by atoms with Crippen molar-refractivity contribution in [3.05, 3.63) is 64.7 Å². The highest BCUT2D eigenvalue weighted by Gasteiger charge is 2.16. The first-order valence-electron chi connectivity index (χ1n) is 7.53. The van der Waals surface area contributed by atoms with Gasteiger partial charge in [-0.3, -0.25) is 9.59 Å². The van der Waals surface area contributed by atoms with Crippen LogP contribution in [0.25, 0.3) is 0 Å². The van der Waals surface area contributed by atoms with Crippen LogP contribution in [0.1, 0.15) is 11.1 Å². The Balaban J connectivity index is 1.82. The van der Waals surface area contributed by atoms with Crippen LogP contribution in [0.5, 0.6) is 0 Å². The molecule has 2 aromatic carbocycles. The molecule has 0 radical (unpaired) electrons. The number of hydrogen-bond acceptors (Lipinski definition) is 3. The van der Waals surface area contributed by atoms with Crippen LogP contribution < -0.4 is 10.6 Å². The minimum atomic E-state index is -0.826. The molecule has 0 fully saturated rings. The summed E-state index contributed by atoms with van der Waals surface area (Å²) in [7, 11) is 0. The third-order valence-corrected chi connectivity index (χ3v) is 3.70. The Labute approximate surface area is 145 Å². The van der Waals surface area contributed by atoms with Gasteiger partial charge in [0.2, 0.25) is 0 Å². The fourth-order valence-electron chi connectivity index (χ4n) is 2.15. The Morgan fingerprint density at radius 1 is 1.12 bits per heavy atom. The molecule has 2 amide bonds. The summed E-state index contributed by atoms with van der Waals surface area (Å²) in [4.78, 5) is 23.7. The van der Waals surface area contributed by atoms with Crippen LogP contribution in [0.3, 0.4) is 0 Å². The van der Waals surface area contributed by atoms with Gasteiger partial charge in [-0.15, -0.1) is 0 Å². The SMILES string of the molecule is Cc1ccc(NC(=O)C(=O)NCC(O)Cc2ccccc2)c(Cl)c1. The Hall–Kier alpha value is -2.37. The Kier molecular flexibility index (Phi) is 6.35. The number of anilines is 1. The van der Waals surface area contributed by atoms with E-state index in [4.69, 9.17) is 11.6 Å². The number of hydrogen-bond donors (Lipinski definition) is 3. The maximum Gasteiger partial charge on any atom is 0.313 e. The number of aryl methyl sites for hydroxylation is 1. The lowest BCUT2D eigenvalue weighted by molar-refractivity contribution is -0.136. The largest absolute Gasteiger partial charge is 0.391 e. The molecule has 0 spiro atoms. The van der Waals surface area contributed by atoms with E-state index in [1.807, 2.05) is 37.3 Å². The molecule has 0 aromatic heterocycles. The zero-order chi connectivity index (χ0) is 17.5. The second-order valence-corrected chi connectivity index (χ2v) is 5.90. The van der Waals surface area contributed by atoms with Crippen LogP contribution in [-0.4, -0.2) is 29.6 Å². The van der Waals surface area contributed by atoms with Gasteiger partial charge >= 0.3 is 11.8 Å². The molecule has 1 unspecified atom stereocenters. The summed E-state index contributed by atoms with van der Waals surface area (Å²) >= 11 is 6.01. The van der Waals surface area contributed by atoms with Crippen LogP contribution in [0, 0.1) is 6.92 Å². The molecular formula is C18H19ClN2O3. The number of halogens is 1. The van der Waals surface area contributed by atoms with Gasteiger partial charge in [-0.2, -0.15) is 0 Å². The normalized spacial score (nSPS) is 11.6. The highest BCUT2D eigenvalue weighted by atomic mass is 35.5. The summed E-state index contributed by atoms with van der Waals surface area (Å²) in [6.07, 6.45) is -0.376. The lowest BCUT2D eigenvalue weighted by Gasteiger charge is -2.12. The van der Waals surface area contributed by atoms with Crippen molar-refractivity contribution < 1.29 is 14.7 Å². The van der Waals surface area contributed by atoms with Gasteiger partial charge in [0.1, 0.15) is 0 Å². The molecular weight excluding hydrogens is 328 g/mol. The van der Waals surface area contributed by atoms with Crippen LogP contribution in [0.4, 0.5) is 5.69 Å². The first-order valence-corrected chi connectivity index (χ1v) is 7.91. The summed E-state index contributed by atoms with van der Waals surface area (Å²) in [5.41, 5.74) is 2.27. The molecule has 0 aliphatic rings. The predicted molar refractivity (Wildman–Crippen MR) is 94.0 cm³/mol. The molecule has 2 aromatic rings. The van der Waals surface area contributed by atoms with E-state index in [1.54, 1.807) is 18.2 Å². The molecule has 0 saturated heterocycles. The number of rotatable bonds is 5. The van der Waals surface area contributed by atoms with Crippen molar-refractivity contribution in [1.82, 2.24) is 5.32 Å². The monoisotopic (exact) mass is 346 g/mol. The third-order valence-electron chi connectivity index (χ3n) is 3.39. The number of amides is 2. The van der Waals surface area contributed by atoms with Gasteiger partial charge in [0, 0.05) is 13.0 Å². The first kappa shape index (κ1) is 18.0. The van der Waals surface area contributed by atoms with E-state index in [0.29, 0.717) is 17.1 Å². The molecule has 0 heterocycles. The van der Waals surface area contributed by atoms with E-state index < -0.39 is 17.9 Å².